The van der Waals surface area contributed by atoms with Gasteiger partial charge < -0.3 is 4.74 Å². The zero-order valence-corrected chi connectivity index (χ0v) is 12.1. The van der Waals surface area contributed by atoms with Crippen LogP contribution in [0.5, 0.6) is 0 Å². The number of carbonyl (C=O) groups is 1. The standard InChI is InChI=1S/C17H21NO2/c1-3-13-8-9-15(17(13)20-2)10-16(19)14-6-4-12(11-18)5-7-14/h4-7,13,15,17H,3,8-10H2,1-2H3. The summed E-state index contributed by atoms with van der Waals surface area (Å²) >= 11 is 0. The van der Waals surface area contributed by atoms with Gasteiger partial charge in [0.2, 0.25) is 0 Å². The van der Waals surface area contributed by atoms with E-state index in [4.69, 9.17) is 10.00 Å². The Kier molecular flexibility index (Phi) is 4.92. The van der Waals surface area contributed by atoms with Crippen molar-refractivity contribution in [3.63, 3.8) is 0 Å². The number of methoxy groups -OCH3 is 1. The molecule has 1 fully saturated rings. The summed E-state index contributed by atoms with van der Waals surface area (Å²) in [7, 11) is 1.75. The van der Waals surface area contributed by atoms with Crippen LogP contribution in [0.1, 0.15) is 48.5 Å². The van der Waals surface area contributed by atoms with Crippen LogP contribution in [-0.4, -0.2) is 19.0 Å². The van der Waals surface area contributed by atoms with Crippen molar-refractivity contribution in [2.24, 2.45) is 11.8 Å². The van der Waals surface area contributed by atoms with Gasteiger partial charge in [-0.1, -0.05) is 25.5 Å². The van der Waals surface area contributed by atoms with E-state index in [1.807, 2.05) is 0 Å². The second-order valence-electron chi connectivity index (χ2n) is 5.52. The number of rotatable bonds is 5. The smallest absolute Gasteiger partial charge is 0.163 e. The fourth-order valence-corrected chi connectivity index (χ4v) is 3.27. The van der Waals surface area contributed by atoms with E-state index < -0.39 is 0 Å². The lowest BCUT2D eigenvalue weighted by molar-refractivity contribution is 0.0335. The number of hydrogen-bond acceptors (Lipinski definition) is 3. The minimum Gasteiger partial charge on any atom is -0.381 e. The second-order valence-corrected chi connectivity index (χ2v) is 5.52. The van der Waals surface area contributed by atoms with Crippen molar-refractivity contribution in [2.75, 3.05) is 7.11 Å². The van der Waals surface area contributed by atoms with Crippen molar-refractivity contribution in [1.29, 1.82) is 5.26 Å². The number of nitriles is 1. The average molecular weight is 271 g/mol. The van der Waals surface area contributed by atoms with Crippen LogP contribution in [0.3, 0.4) is 0 Å². The maximum absolute atomic E-state index is 12.3. The molecule has 1 aromatic carbocycles. The first kappa shape index (κ1) is 14.7. The Labute approximate surface area is 120 Å². The van der Waals surface area contributed by atoms with Crippen molar-refractivity contribution >= 4 is 5.78 Å². The Morgan fingerprint density at radius 3 is 2.50 bits per heavy atom. The molecule has 1 aromatic rings. The highest BCUT2D eigenvalue weighted by molar-refractivity contribution is 5.96. The fraction of sp³-hybridized carbons (Fsp3) is 0.529. The molecular weight excluding hydrogens is 250 g/mol. The Morgan fingerprint density at radius 1 is 1.30 bits per heavy atom. The molecule has 1 aliphatic carbocycles. The predicted molar refractivity (Wildman–Crippen MR) is 77.4 cm³/mol. The van der Waals surface area contributed by atoms with Crippen molar-refractivity contribution < 1.29 is 9.53 Å². The summed E-state index contributed by atoms with van der Waals surface area (Å²) in [5.74, 6) is 1.06. The number of benzene rings is 1. The van der Waals surface area contributed by atoms with Gasteiger partial charge in [-0.25, -0.2) is 0 Å². The molecule has 0 spiro atoms. The number of Topliss-reactive ketones (excluding diaryl/α,β-unsaturated/α-hetero) is 1. The lowest BCUT2D eigenvalue weighted by Crippen LogP contribution is -2.25. The molecule has 3 atom stereocenters. The highest BCUT2D eigenvalue weighted by Crippen LogP contribution is 2.37. The number of ketones is 1. The largest absolute Gasteiger partial charge is 0.381 e. The monoisotopic (exact) mass is 271 g/mol. The van der Waals surface area contributed by atoms with E-state index >= 15 is 0 Å². The van der Waals surface area contributed by atoms with Crippen molar-refractivity contribution in [1.82, 2.24) is 0 Å². The highest BCUT2D eigenvalue weighted by Gasteiger charge is 2.36. The molecule has 3 nitrogen and oxygen atoms in total. The minimum atomic E-state index is 0.151. The SMILES string of the molecule is CCC1CCC(CC(=O)c2ccc(C#N)cc2)C1OC. The third-order valence-electron chi connectivity index (χ3n) is 4.42. The van der Waals surface area contributed by atoms with Gasteiger partial charge in [0.15, 0.2) is 5.78 Å². The summed E-state index contributed by atoms with van der Waals surface area (Å²) in [5, 5.41) is 8.77. The third-order valence-corrected chi connectivity index (χ3v) is 4.42. The maximum atomic E-state index is 12.3. The highest BCUT2D eigenvalue weighted by atomic mass is 16.5. The molecule has 0 aromatic heterocycles. The second kappa shape index (κ2) is 6.67. The van der Waals surface area contributed by atoms with Crippen LogP contribution >= 0.6 is 0 Å². The molecule has 0 amide bonds. The molecule has 1 saturated carbocycles. The predicted octanol–water partition coefficient (Wildman–Crippen LogP) is 3.58. The van der Waals surface area contributed by atoms with Crippen LogP contribution in [0.4, 0.5) is 0 Å². The maximum Gasteiger partial charge on any atom is 0.163 e. The molecule has 3 unspecified atom stereocenters. The van der Waals surface area contributed by atoms with Crippen LogP contribution in [0.15, 0.2) is 24.3 Å². The van der Waals surface area contributed by atoms with Crippen LogP contribution < -0.4 is 0 Å². The topological polar surface area (TPSA) is 50.1 Å². The summed E-state index contributed by atoms with van der Waals surface area (Å²) in [6.07, 6.45) is 4.09. The average Bonchev–Trinajstić information content (AvgIpc) is 2.89. The van der Waals surface area contributed by atoms with Gasteiger partial charge in [-0.05, 0) is 36.8 Å². The van der Waals surface area contributed by atoms with Gasteiger partial charge in [0.25, 0.3) is 0 Å². The summed E-state index contributed by atoms with van der Waals surface area (Å²) in [5.41, 5.74) is 1.28. The molecule has 0 heterocycles. The number of nitrogens with zero attached hydrogens (tertiary/aromatic N) is 1. The van der Waals surface area contributed by atoms with Gasteiger partial charge in [-0.15, -0.1) is 0 Å². The number of hydrogen-bond donors (Lipinski definition) is 0. The lowest BCUT2D eigenvalue weighted by atomic mass is 9.92. The van der Waals surface area contributed by atoms with Crippen molar-refractivity contribution in [3.05, 3.63) is 35.4 Å². The normalized spacial score (nSPS) is 25.4. The van der Waals surface area contributed by atoms with Crippen LogP contribution in [-0.2, 0) is 4.74 Å². The molecule has 3 heteroatoms. The first-order valence-corrected chi connectivity index (χ1v) is 7.25. The van der Waals surface area contributed by atoms with Crippen molar-refractivity contribution in [2.45, 2.75) is 38.7 Å². The van der Waals surface area contributed by atoms with E-state index in [2.05, 4.69) is 13.0 Å². The molecule has 2 rings (SSSR count). The van der Waals surface area contributed by atoms with Crippen LogP contribution in [0.25, 0.3) is 0 Å². The Hall–Kier alpha value is -1.66. The van der Waals surface area contributed by atoms with E-state index in [-0.39, 0.29) is 11.9 Å². The Morgan fingerprint density at radius 2 is 1.95 bits per heavy atom. The van der Waals surface area contributed by atoms with E-state index in [0.29, 0.717) is 29.4 Å². The molecule has 0 saturated heterocycles. The molecule has 20 heavy (non-hydrogen) atoms. The molecule has 0 N–H and O–H groups in total. The van der Waals surface area contributed by atoms with Gasteiger partial charge in [0.1, 0.15) is 0 Å². The zero-order chi connectivity index (χ0) is 14.5. The van der Waals surface area contributed by atoms with Gasteiger partial charge in [0, 0.05) is 19.1 Å². The van der Waals surface area contributed by atoms with Crippen LogP contribution in [0, 0.1) is 23.2 Å². The summed E-state index contributed by atoms with van der Waals surface area (Å²) < 4.78 is 5.61. The number of carbonyl (C=O) groups excluding carboxylic acids is 1. The molecule has 0 aliphatic heterocycles. The fourth-order valence-electron chi connectivity index (χ4n) is 3.27. The Balaban J connectivity index is 2.02. The van der Waals surface area contributed by atoms with Gasteiger partial charge in [-0.3, -0.25) is 4.79 Å². The van der Waals surface area contributed by atoms with E-state index in [1.165, 1.54) is 0 Å². The zero-order valence-electron chi connectivity index (χ0n) is 12.1. The molecule has 0 bridgehead atoms. The third kappa shape index (κ3) is 3.08. The molecular formula is C17H21NO2. The van der Waals surface area contributed by atoms with Gasteiger partial charge in [-0.2, -0.15) is 5.26 Å². The molecule has 0 radical (unpaired) electrons. The molecule has 1 aliphatic rings. The van der Waals surface area contributed by atoms with Crippen molar-refractivity contribution in [3.8, 4) is 6.07 Å². The quantitative estimate of drug-likeness (QED) is 0.769. The van der Waals surface area contributed by atoms with Gasteiger partial charge >= 0.3 is 0 Å². The number of ether oxygens (including phenoxy) is 1. The van der Waals surface area contributed by atoms with Crippen LogP contribution in [0.2, 0.25) is 0 Å². The summed E-state index contributed by atoms with van der Waals surface area (Å²) in [6, 6.07) is 8.95. The molecule has 106 valence electrons. The summed E-state index contributed by atoms with van der Waals surface area (Å²) in [4.78, 5) is 12.3. The first-order chi connectivity index (χ1) is 9.69. The van der Waals surface area contributed by atoms with E-state index in [9.17, 15) is 4.79 Å². The minimum absolute atomic E-state index is 0.151. The Bertz CT molecular complexity index is 501. The van der Waals surface area contributed by atoms with E-state index in [1.54, 1.807) is 31.4 Å². The lowest BCUT2D eigenvalue weighted by Gasteiger charge is -2.22. The summed E-state index contributed by atoms with van der Waals surface area (Å²) in [6.45, 7) is 2.18. The van der Waals surface area contributed by atoms with Gasteiger partial charge in [0.05, 0.1) is 17.7 Å². The van der Waals surface area contributed by atoms with E-state index in [0.717, 1.165) is 19.3 Å². The first-order valence-electron chi connectivity index (χ1n) is 7.25.